The molecule has 18 heavy (non-hydrogen) atoms. The molecule has 0 spiro atoms. The van der Waals surface area contributed by atoms with Crippen LogP contribution in [0.25, 0.3) is 0 Å². The minimum atomic E-state index is -3.04. The van der Waals surface area contributed by atoms with Gasteiger partial charge in [0, 0.05) is 12.8 Å². The SMILES string of the molecule is CCC1(C)C(=O)NCC(=O)N1CCCS(C)(=O)=O. The van der Waals surface area contributed by atoms with Gasteiger partial charge < -0.3 is 10.2 Å². The minimum absolute atomic E-state index is 0.00665. The lowest BCUT2D eigenvalue weighted by atomic mass is 9.92. The highest BCUT2D eigenvalue weighted by Gasteiger charge is 2.43. The van der Waals surface area contributed by atoms with E-state index in [1.807, 2.05) is 6.92 Å². The number of carbonyl (C=O) groups excluding carboxylic acids is 2. The fraction of sp³-hybridized carbons (Fsp3) is 0.818. The van der Waals surface area contributed by atoms with Gasteiger partial charge in [0.1, 0.15) is 15.4 Å². The molecule has 1 aliphatic rings. The van der Waals surface area contributed by atoms with Crippen molar-refractivity contribution in [2.75, 3.05) is 25.1 Å². The summed E-state index contributed by atoms with van der Waals surface area (Å²) in [6.07, 6.45) is 2.02. The largest absolute Gasteiger partial charge is 0.345 e. The van der Waals surface area contributed by atoms with Crippen LogP contribution in [0, 0.1) is 0 Å². The van der Waals surface area contributed by atoms with Crippen LogP contribution in [-0.4, -0.2) is 55.8 Å². The summed E-state index contributed by atoms with van der Waals surface area (Å²) < 4.78 is 22.1. The van der Waals surface area contributed by atoms with Gasteiger partial charge in [-0.2, -0.15) is 0 Å². The predicted octanol–water partition coefficient (Wildman–Crippen LogP) is -0.452. The van der Waals surface area contributed by atoms with Crippen LogP contribution >= 0.6 is 0 Å². The Hall–Kier alpha value is -1.11. The smallest absolute Gasteiger partial charge is 0.246 e. The van der Waals surface area contributed by atoms with Gasteiger partial charge >= 0.3 is 0 Å². The zero-order chi connectivity index (χ0) is 14.0. The van der Waals surface area contributed by atoms with Crippen molar-refractivity contribution in [1.29, 1.82) is 0 Å². The van der Waals surface area contributed by atoms with E-state index in [0.717, 1.165) is 6.26 Å². The van der Waals surface area contributed by atoms with Crippen LogP contribution in [0.4, 0.5) is 0 Å². The van der Waals surface area contributed by atoms with Crippen LogP contribution in [0.3, 0.4) is 0 Å². The molecule has 0 aromatic carbocycles. The van der Waals surface area contributed by atoms with Gasteiger partial charge in [-0.3, -0.25) is 9.59 Å². The number of piperazine rings is 1. The Morgan fingerprint density at radius 1 is 1.39 bits per heavy atom. The molecule has 1 saturated heterocycles. The molecule has 1 atom stereocenters. The first-order valence-electron chi connectivity index (χ1n) is 5.97. The number of nitrogens with one attached hydrogen (secondary N) is 1. The highest BCUT2D eigenvalue weighted by atomic mass is 32.2. The van der Waals surface area contributed by atoms with Gasteiger partial charge in [-0.1, -0.05) is 6.92 Å². The number of hydrogen-bond acceptors (Lipinski definition) is 4. The van der Waals surface area contributed by atoms with E-state index in [-0.39, 0.29) is 24.1 Å². The standard InChI is InChI=1S/C11H20N2O4S/c1-4-11(2)10(15)12-8-9(14)13(11)6-5-7-18(3,16)17/h4-8H2,1-3H3,(H,12,15). The van der Waals surface area contributed by atoms with E-state index in [0.29, 0.717) is 19.4 Å². The maximum absolute atomic E-state index is 11.8. The van der Waals surface area contributed by atoms with E-state index in [1.54, 1.807) is 6.92 Å². The summed E-state index contributed by atoms with van der Waals surface area (Å²) in [6, 6.07) is 0. The van der Waals surface area contributed by atoms with Gasteiger partial charge in [0.25, 0.3) is 0 Å². The monoisotopic (exact) mass is 276 g/mol. The Balaban J connectivity index is 2.75. The maximum atomic E-state index is 11.8. The topological polar surface area (TPSA) is 83.6 Å². The molecule has 6 nitrogen and oxygen atoms in total. The lowest BCUT2D eigenvalue weighted by Crippen LogP contribution is -2.65. The van der Waals surface area contributed by atoms with Crippen molar-refractivity contribution in [2.24, 2.45) is 0 Å². The molecule has 0 bridgehead atoms. The quantitative estimate of drug-likeness (QED) is 0.737. The minimum Gasteiger partial charge on any atom is -0.345 e. The van der Waals surface area contributed by atoms with Crippen LogP contribution in [0.1, 0.15) is 26.7 Å². The lowest BCUT2D eigenvalue weighted by molar-refractivity contribution is -0.152. The van der Waals surface area contributed by atoms with E-state index in [2.05, 4.69) is 5.32 Å². The molecule has 1 fully saturated rings. The average molecular weight is 276 g/mol. The van der Waals surface area contributed by atoms with Crippen LogP contribution in [0.2, 0.25) is 0 Å². The average Bonchev–Trinajstić information content (AvgIpc) is 2.27. The zero-order valence-corrected chi connectivity index (χ0v) is 11.8. The Labute approximate surface area is 108 Å². The molecule has 1 rings (SSSR count). The van der Waals surface area contributed by atoms with Gasteiger partial charge in [0.15, 0.2) is 0 Å². The van der Waals surface area contributed by atoms with Crippen LogP contribution in [0.5, 0.6) is 0 Å². The number of nitrogens with zero attached hydrogens (tertiary/aromatic N) is 1. The molecule has 0 radical (unpaired) electrons. The Kier molecular flexibility index (Phi) is 4.37. The molecule has 0 aliphatic carbocycles. The van der Waals surface area contributed by atoms with Crippen molar-refractivity contribution in [1.82, 2.24) is 10.2 Å². The van der Waals surface area contributed by atoms with Crippen molar-refractivity contribution >= 4 is 21.7 Å². The normalized spacial score (nSPS) is 25.2. The fourth-order valence-corrected chi connectivity index (χ4v) is 2.70. The molecule has 7 heteroatoms. The molecule has 1 N–H and O–H groups in total. The van der Waals surface area contributed by atoms with Crippen LogP contribution < -0.4 is 5.32 Å². The van der Waals surface area contributed by atoms with Crippen molar-refractivity contribution in [2.45, 2.75) is 32.2 Å². The second-order valence-electron chi connectivity index (χ2n) is 4.84. The first kappa shape index (κ1) is 14.9. The molecule has 1 unspecified atom stereocenters. The van der Waals surface area contributed by atoms with Crippen LogP contribution in [0.15, 0.2) is 0 Å². The Morgan fingerprint density at radius 2 is 2.00 bits per heavy atom. The number of sulfone groups is 1. The van der Waals surface area contributed by atoms with Gasteiger partial charge in [0.2, 0.25) is 11.8 Å². The molecule has 1 aliphatic heterocycles. The van der Waals surface area contributed by atoms with Gasteiger partial charge in [-0.15, -0.1) is 0 Å². The van der Waals surface area contributed by atoms with Crippen LogP contribution in [-0.2, 0) is 19.4 Å². The highest BCUT2D eigenvalue weighted by molar-refractivity contribution is 7.90. The Morgan fingerprint density at radius 3 is 2.50 bits per heavy atom. The third kappa shape index (κ3) is 3.22. The Bertz CT molecular complexity index is 446. The number of carbonyl (C=O) groups is 2. The molecule has 0 saturated carbocycles. The first-order valence-corrected chi connectivity index (χ1v) is 8.03. The summed E-state index contributed by atoms with van der Waals surface area (Å²) in [7, 11) is -3.04. The van der Waals surface area contributed by atoms with Gasteiger partial charge in [-0.25, -0.2) is 8.42 Å². The zero-order valence-electron chi connectivity index (χ0n) is 11.0. The summed E-state index contributed by atoms with van der Waals surface area (Å²) in [6.45, 7) is 3.83. The fourth-order valence-electron chi connectivity index (χ4n) is 2.05. The summed E-state index contributed by atoms with van der Waals surface area (Å²) in [4.78, 5) is 25.2. The van der Waals surface area contributed by atoms with Crippen molar-refractivity contribution in [3.8, 4) is 0 Å². The van der Waals surface area contributed by atoms with Gasteiger partial charge in [0.05, 0.1) is 12.3 Å². The summed E-state index contributed by atoms with van der Waals surface area (Å²) in [5.74, 6) is -0.311. The highest BCUT2D eigenvalue weighted by Crippen LogP contribution is 2.23. The summed E-state index contributed by atoms with van der Waals surface area (Å²) in [5.41, 5.74) is -0.868. The molecule has 2 amide bonds. The number of hydrogen-bond donors (Lipinski definition) is 1. The van der Waals surface area contributed by atoms with E-state index >= 15 is 0 Å². The third-order valence-electron chi connectivity index (χ3n) is 3.37. The van der Waals surface area contributed by atoms with E-state index in [4.69, 9.17) is 0 Å². The third-order valence-corrected chi connectivity index (χ3v) is 4.40. The molecular formula is C11H20N2O4S. The number of amides is 2. The predicted molar refractivity (Wildman–Crippen MR) is 67.7 cm³/mol. The first-order chi connectivity index (χ1) is 8.20. The lowest BCUT2D eigenvalue weighted by Gasteiger charge is -2.43. The second-order valence-corrected chi connectivity index (χ2v) is 7.10. The van der Waals surface area contributed by atoms with E-state index < -0.39 is 15.4 Å². The molecular weight excluding hydrogens is 256 g/mol. The second kappa shape index (κ2) is 5.26. The van der Waals surface area contributed by atoms with E-state index in [1.165, 1.54) is 4.90 Å². The molecule has 0 aromatic rings. The van der Waals surface area contributed by atoms with Crippen molar-refractivity contribution < 1.29 is 18.0 Å². The van der Waals surface area contributed by atoms with Crippen molar-refractivity contribution in [3.63, 3.8) is 0 Å². The van der Waals surface area contributed by atoms with E-state index in [9.17, 15) is 18.0 Å². The molecule has 104 valence electrons. The molecule has 1 heterocycles. The number of rotatable bonds is 5. The summed E-state index contributed by atoms with van der Waals surface area (Å²) in [5, 5.41) is 2.56. The van der Waals surface area contributed by atoms with Crippen molar-refractivity contribution in [3.05, 3.63) is 0 Å². The van der Waals surface area contributed by atoms with Gasteiger partial charge in [-0.05, 0) is 19.8 Å². The molecule has 0 aromatic heterocycles. The summed E-state index contributed by atoms with van der Waals surface area (Å²) >= 11 is 0. The maximum Gasteiger partial charge on any atom is 0.246 e.